The number of hydrogen-bond acceptors (Lipinski definition) is 2. The topological polar surface area (TPSA) is 41.1 Å². The van der Waals surface area contributed by atoms with E-state index in [4.69, 9.17) is 0 Å². The zero-order valence-corrected chi connectivity index (χ0v) is 12.8. The molecule has 1 saturated carbocycles. The van der Waals surface area contributed by atoms with Crippen LogP contribution in [0.1, 0.15) is 65.7 Å². The highest BCUT2D eigenvalue weighted by Crippen LogP contribution is 2.35. The smallest absolute Gasteiger partial charge is 0.221 e. The van der Waals surface area contributed by atoms with Gasteiger partial charge in [-0.1, -0.05) is 20.8 Å². The van der Waals surface area contributed by atoms with Crippen molar-refractivity contribution in [2.24, 2.45) is 11.3 Å². The van der Waals surface area contributed by atoms with Crippen molar-refractivity contribution >= 4 is 5.91 Å². The van der Waals surface area contributed by atoms with Crippen LogP contribution in [0.15, 0.2) is 0 Å². The van der Waals surface area contributed by atoms with Gasteiger partial charge in [0.15, 0.2) is 0 Å². The predicted molar refractivity (Wildman–Crippen MR) is 79.0 cm³/mol. The summed E-state index contributed by atoms with van der Waals surface area (Å²) in [5.41, 5.74) is 0.473. The lowest BCUT2D eigenvalue weighted by molar-refractivity contribution is -0.123. The maximum Gasteiger partial charge on any atom is 0.221 e. The zero-order chi connectivity index (χ0) is 13.9. The summed E-state index contributed by atoms with van der Waals surface area (Å²) in [5.74, 6) is 0.876. The predicted octanol–water partition coefficient (Wildman–Crippen LogP) is 2.85. The third-order valence-corrected chi connectivity index (χ3v) is 5.04. The van der Waals surface area contributed by atoms with E-state index in [-0.39, 0.29) is 5.91 Å². The van der Waals surface area contributed by atoms with Crippen LogP contribution in [0.3, 0.4) is 0 Å². The fraction of sp³-hybridized carbons (Fsp3) is 0.938. The first-order chi connectivity index (χ1) is 8.96. The summed E-state index contributed by atoms with van der Waals surface area (Å²) in [6, 6.07) is 0.799. The molecule has 0 spiro atoms. The Hall–Kier alpha value is -0.570. The van der Waals surface area contributed by atoms with Crippen molar-refractivity contribution in [2.45, 2.75) is 77.8 Å². The van der Waals surface area contributed by atoms with E-state index in [1.165, 1.54) is 25.7 Å². The van der Waals surface area contributed by atoms with Gasteiger partial charge in [-0.15, -0.1) is 0 Å². The van der Waals surface area contributed by atoms with E-state index in [0.717, 1.165) is 19.4 Å². The third-order valence-electron chi connectivity index (χ3n) is 5.04. The molecule has 110 valence electrons. The van der Waals surface area contributed by atoms with Crippen molar-refractivity contribution in [1.82, 2.24) is 10.6 Å². The van der Waals surface area contributed by atoms with Crippen molar-refractivity contribution in [3.05, 3.63) is 0 Å². The van der Waals surface area contributed by atoms with Gasteiger partial charge in [0.1, 0.15) is 0 Å². The third kappa shape index (κ3) is 4.48. The van der Waals surface area contributed by atoms with Crippen LogP contribution in [0.5, 0.6) is 0 Å². The molecule has 1 aliphatic heterocycles. The molecular formula is C16H30N2O. The van der Waals surface area contributed by atoms with E-state index < -0.39 is 0 Å². The van der Waals surface area contributed by atoms with Crippen LogP contribution >= 0.6 is 0 Å². The second-order valence-electron chi connectivity index (χ2n) is 7.39. The lowest BCUT2D eigenvalue weighted by Gasteiger charge is -2.35. The van der Waals surface area contributed by atoms with Gasteiger partial charge in [-0.2, -0.15) is 0 Å². The van der Waals surface area contributed by atoms with Crippen LogP contribution in [0.4, 0.5) is 0 Å². The van der Waals surface area contributed by atoms with Crippen LogP contribution in [0, 0.1) is 11.3 Å². The molecule has 3 nitrogen and oxygen atoms in total. The van der Waals surface area contributed by atoms with Gasteiger partial charge in [0.25, 0.3) is 0 Å². The lowest BCUT2D eigenvalue weighted by atomic mass is 9.75. The van der Waals surface area contributed by atoms with Gasteiger partial charge in [-0.25, -0.2) is 0 Å². The molecule has 2 fully saturated rings. The van der Waals surface area contributed by atoms with Crippen molar-refractivity contribution in [3.63, 3.8) is 0 Å². The van der Waals surface area contributed by atoms with E-state index in [2.05, 4.69) is 31.4 Å². The molecular weight excluding hydrogens is 236 g/mol. The van der Waals surface area contributed by atoms with Crippen molar-refractivity contribution in [1.29, 1.82) is 0 Å². The first-order valence-corrected chi connectivity index (χ1v) is 7.99. The monoisotopic (exact) mass is 266 g/mol. The molecule has 0 aromatic heterocycles. The van der Waals surface area contributed by atoms with Crippen molar-refractivity contribution in [3.8, 4) is 0 Å². The summed E-state index contributed by atoms with van der Waals surface area (Å²) in [6.45, 7) is 7.99. The minimum atomic E-state index is 0.246. The SMILES string of the molecule is CC1CCCNC1CC(=O)NC1CCC(C)(C)CC1. The largest absolute Gasteiger partial charge is 0.353 e. The molecule has 1 amide bonds. The second kappa shape index (κ2) is 6.25. The summed E-state index contributed by atoms with van der Waals surface area (Å²) in [7, 11) is 0. The number of carbonyl (C=O) groups excluding carboxylic acids is 1. The maximum absolute atomic E-state index is 12.1. The van der Waals surface area contributed by atoms with Crippen LogP contribution in [0.25, 0.3) is 0 Å². The number of hydrogen-bond donors (Lipinski definition) is 2. The molecule has 0 bridgehead atoms. The average molecular weight is 266 g/mol. The van der Waals surface area contributed by atoms with Gasteiger partial charge in [-0.05, 0) is 56.4 Å². The number of carbonyl (C=O) groups is 1. The Bertz CT molecular complexity index is 304. The van der Waals surface area contributed by atoms with Gasteiger partial charge in [0.2, 0.25) is 5.91 Å². The Balaban J connectivity index is 1.72. The Kier molecular flexibility index (Phi) is 4.88. The Labute approximate surface area is 117 Å². The maximum atomic E-state index is 12.1. The highest BCUT2D eigenvalue weighted by atomic mass is 16.1. The first-order valence-electron chi connectivity index (χ1n) is 7.99. The quantitative estimate of drug-likeness (QED) is 0.824. The van der Waals surface area contributed by atoms with Gasteiger partial charge >= 0.3 is 0 Å². The summed E-state index contributed by atoms with van der Waals surface area (Å²) in [5, 5.41) is 6.73. The number of rotatable bonds is 3. The van der Waals surface area contributed by atoms with Crippen molar-refractivity contribution < 1.29 is 4.79 Å². The molecule has 1 aliphatic carbocycles. The van der Waals surface area contributed by atoms with E-state index in [1.54, 1.807) is 0 Å². The zero-order valence-electron chi connectivity index (χ0n) is 12.8. The van der Waals surface area contributed by atoms with E-state index in [9.17, 15) is 4.79 Å². The normalized spacial score (nSPS) is 31.9. The van der Waals surface area contributed by atoms with E-state index in [1.807, 2.05) is 0 Å². The summed E-state index contributed by atoms with van der Waals surface area (Å²) < 4.78 is 0. The Morgan fingerprint density at radius 3 is 2.58 bits per heavy atom. The van der Waals surface area contributed by atoms with Crippen LogP contribution in [0.2, 0.25) is 0 Å². The van der Waals surface area contributed by atoms with E-state index >= 15 is 0 Å². The summed E-state index contributed by atoms with van der Waals surface area (Å²) in [4.78, 5) is 12.1. The summed E-state index contributed by atoms with van der Waals surface area (Å²) in [6.07, 6.45) is 7.91. The minimum absolute atomic E-state index is 0.246. The molecule has 2 N–H and O–H groups in total. The number of amides is 1. The molecule has 2 aliphatic rings. The molecule has 0 aromatic carbocycles. The van der Waals surface area contributed by atoms with Crippen LogP contribution in [-0.4, -0.2) is 24.5 Å². The summed E-state index contributed by atoms with van der Waals surface area (Å²) >= 11 is 0. The molecule has 2 unspecified atom stereocenters. The van der Waals surface area contributed by atoms with Gasteiger partial charge < -0.3 is 10.6 Å². The minimum Gasteiger partial charge on any atom is -0.353 e. The average Bonchev–Trinajstić information content (AvgIpc) is 2.35. The Morgan fingerprint density at radius 2 is 1.95 bits per heavy atom. The van der Waals surface area contributed by atoms with Crippen LogP contribution in [-0.2, 0) is 4.79 Å². The fourth-order valence-corrected chi connectivity index (χ4v) is 3.42. The first kappa shape index (κ1) is 14.8. The molecule has 0 aromatic rings. The standard InChI is InChI=1S/C16H30N2O/c1-12-5-4-10-17-14(12)11-15(19)18-13-6-8-16(2,3)9-7-13/h12-14,17H,4-11H2,1-3H3,(H,18,19). The molecule has 1 heterocycles. The Morgan fingerprint density at radius 1 is 1.26 bits per heavy atom. The second-order valence-corrected chi connectivity index (χ2v) is 7.39. The highest BCUT2D eigenvalue weighted by Gasteiger charge is 2.29. The lowest BCUT2D eigenvalue weighted by Crippen LogP contribution is -2.46. The molecule has 2 atom stereocenters. The number of piperidine rings is 1. The van der Waals surface area contributed by atoms with Gasteiger partial charge in [0, 0.05) is 18.5 Å². The van der Waals surface area contributed by atoms with Gasteiger partial charge in [-0.3, -0.25) is 4.79 Å². The number of nitrogens with one attached hydrogen (secondary N) is 2. The molecule has 3 heteroatoms. The molecule has 19 heavy (non-hydrogen) atoms. The van der Waals surface area contributed by atoms with Gasteiger partial charge in [0.05, 0.1) is 0 Å². The highest BCUT2D eigenvalue weighted by molar-refractivity contribution is 5.77. The van der Waals surface area contributed by atoms with Crippen molar-refractivity contribution in [2.75, 3.05) is 6.54 Å². The molecule has 1 saturated heterocycles. The molecule has 2 rings (SSSR count). The van der Waals surface area contributed by atoms with Crippen LogP contribution < -0.4 is 10.6 Å². The fourth-order valence-electron chi connectivity index (χ4n) is 3.42. The molecule has 0 radical (unpaired) electrons. The van der Waals surface area contributed by atoms with E-state index in [0.29, 0.717) is 29.8 Å².